The number of nitrogens with zero attached hydrogens (tertiary/aromatic N) is 4. The molecule has 0 saturated carbocycles. The molecule has 0 amide bonds. The third kappa shape index (κ3) is 5.32. The maximum Gasteiger partial charge on any atom is 0.164 e. The van der Waals surface area contributed by atoms with Crippen LogP contribution in [0.1, 0.15) is 0 Å². The summed E-state index contributed by atoms with van der Waals surface area (Å²) >= 11 is 1.85. The molecule has 0 aliphatic heterocycles. The average molecular weight is 733 g/mol. The number of thiophene rings is 1. The van der Waals surface area contributed by atoms with Gasteiger partial charge in [0, 0.05) is 53.3 Å². The van der Waals surface area contributed by atoms with Crippen LogP contribution in [0.4, 0.5) is 0 Å². The molecule has 11 rings (SSSR count). The van der Waals surface area contributed by atoms with E-state index < -0.39 is 0 Å². The zero-order valence-corrected chi connectivity index (χ0v) is 31.0. The zero-order valence-electron chi connectivity index (χ0n) is 30.2. The van der Waals surface area contributed by atoms with Gasteiger partial charge in [-0.25, -0.2) is 15.0 Å². The summed E-state index contributed by atoms with van der Waals surface area (Å²) in [5.74, 6) is 1.91. The average Bonchev–Trinajstić information content (AvgIpc) is 3.83. The van der Waals surface area contributed by atoms with Crippen molar-refractivity contribution in [2.45, 2.75) is 0 Å². The molecule has 8 aromatic carbocycles. The zero-order chi connectivity index (χ0) is 37.0. The van der Waals surface area contributed by atoms with Gasteiger partial charge in [0.15, 0.2) is 17.5 Å². The van der Waals surface area contributed by atoms with Crippen LogP contribution in [-0.4, -0.2) is 19.5 Å². The number of fused-ring (bicyclic) bond motifs is 7. The molecule has 0 saturated heterocycles. The highest BCUT2D eigenvalue weighted by molar-refractivity contribution is 7.26. The Labute approximate surface area is 327 Å². The summed E-state index contributed by atoms with van der Waals surface area (Å²) in [6, 6.07) is 68.5. The van der Waals surface area contributed by atoms with Gasteiger partial charge >= 0.3 is 0 Å². The van der Waals surface area contributed by atoms with Crippen LogP contribution >= 0.6 is 11.3 Å². The molecule has 3 heterocycles. The fourth-order valence-electron chi connectivity index (χ4n) is 8.13. The third-order valence-corrected chi connectivity index (χ3v) is 11.8. The molecule has 0 radical (unpaired) electrons. The van der Waals surface area contributed by atoms with Crippen LogP contribution in [0.25, 0.3) is 104 Å². The molecule has 0 unspecified atom stereocenters. The molecule has 0 spiro atoms. The predicted octanol–water partition coefficient (Wildman–Crippen LogP) is 13.7. The first-order chi connectivity index (χ1) is 27.8. The van der Waals surface area contributed by atoms with Gasteiger partial charge in [0.1, 0.15) is 0 Å². The maximum atomic E-state index is 5.26. The minimum absolute atomic E-state index is 0.630. The number of hydrogen-bond acceptors (Lipinski definition) is 4. The van der Waals surface area contributed by atoms with Crippen LogP contribution in [0.15, 0.2) is 194 Å². The number of hydrogen-bond donors (Lipinski definition) is 0. The molecule has 56 heavy (non-hydrogen) atoms. The number of aromatic nitrogens is 4. The minimum Gasteiger partial charge on any atom is -0.309 e. The normalized spacial score (nSPS) is 11.6. The first kappa shape index (κ1) is 32.2. The molecule has 0 atom stereocenters. The predicted molar refractivity (Wildman–Crippen MR) is 234 cm³/mol. The largest absolute Gasteiger partial charge is 0.309 e. The second kappa shape index (κ2) is 13.3. The second-order valence-electron chi connectivity index (χ2n) is 14.0. The molecule has 4 nitrogen and oxygen atoms in total. The highest BCUT2D eigenvalue weighted by Crippen LogP contribution is 2.48. The smallest absolute Gasteiger partial charge is 0.164 e. The van der Waals surface area contributed by atoms with Crippen molar-refractivity contribution in [2.75, 3.05) is 0 Å². The van der Waals surface area contributed by atoms with Gasteiger partial charge in [-0.05, 0) is 58.7 Å². The van der Waals surface area contributed by atoms with E-state index in [9.17, 15) is 0 Å². The molecule has 0 fully saturated rings. The van der Waals surface area contributed by atoms with Crippen LogP contribution in [0, 0.1) is 0 Å². The van der Waals surface area contributed by atoms with Crippen molar-refractivity contribution in [2.24, 2.45) is 0 Å². The quantitative estimate of drug-likeness (QED) is 0.171. The first-order valence-electron chi connectivity index (χ1n) is 18.8. The van der Waals surface area contributed by atoms with E-state index in [-0.39, 0.29) is 0 Å². The van der Waals surface area contributed by atoms with Crippen molar-refractivity contribution >= 4 is 53.3 Å². The fraction of sp³-hybridized carbons (Fsp3) is 0. The lowest BCUT2D eigenvalue weighted by molar-refractivity contribution is 1.07. The van der Waals surface area contributed by atoms with Gasteiger partial charge in [0.25, 0.3) is 0 Å². The van der Waals surface area contributed by atoms with E-state index in [1.54, 1.807) is 0 Å². The minimum atomic E-state index is 0.630. The second-order valence-corrected chi connectivity index (χ2v) is 15.1. The Bertz CT molecular complexity index is 3170. The van der Waals surface area contributed by atoms with E-state index in [2.05, 4.69) is 162 Å². The summed E-state index contributed by atoms with van der Waals surface area (Å²) in [6.07, 6.45) is 0. The monoisotopic (exact) mass is 732 g/mol. The number of rotatable bonds is 6. The van der Waals surface area contributed by atoms with Gasteiger partial charge in [-0.1, -0.05) is 158 Å². The van der Waals surface area contributed by atoms with Gasteiger partial charge in [0.2, 0.25) is 0 Å². The summed E-state index contributed by atoms with van der Waals surface area (Å²) in [5, 5.41) is 4.96. The van der Waals surface area contributed by atoms with E-state index in [0.29, 0.717) is 17.5 Å². The van der Waals surface area contributed by atoms with Gasteiger partial charge in [-0.3, -0.25) is 0 Å². The van der Waals surface area contributed by atoms with E-state index in [0.717, 1.165) is 44.6 Å². The molecule has 5 heteroatoms. The molecule has 0 aliphatic carbocycles. The Morgan fingerprint density at radius 3 is 1.64 bits per heavy atom. The summed E-state index contributed by atoms with van der Waals surface area (Å²) in [7, 11) is 0. The van der Waals surface area contributed by atoms with E-state index in [1.165, 1.54) is 42.0 Å². The summed E-state index contributed by atoms with van der Waals surface area (Å²) in [4.78, 5) is 15.6. The maximum absolute atomic E-state index is 5.26. The number of para-hydroxylation sites is 2. The van der Waals surface area contributed by atoms with Crippen LogP contribution in [0.3, 0.4) is 0 Å². The van der Waals surface area contributed by atoms with E-state index >= 15 is 0 Å². The molecule has 3 aromatic heterocycles. The Kier molecular flexibility index (Phi) is 7.64. The molecular weight excluding hydrogens is 701 g/mol. The Balaban J connectivity index is 1.25. The molecule has 0 bridgehead atoms. The van der Waals surface area contributed by atoms with Crippen molar-refractivity contribution in [3.05, 3.63) is 194 Å². The molecular formula is C51H32N4S. The molecule has 262 valence electrons. The molecule has 0 aliphatic rings. The topological polar surface area (TPSA) is 43.6 Å². The van der Waals surface area contributed by atoms with Crippen LogP contribution in [-0.2, 0) is 0 Å². The summed E-state index contributed by atoms with van der Waals surface area (Å²) in [5.41, 5.74) is 10.8. The molecule has 0 N–H and O–H groups in total. The lowest BCUT2D eigenvalue weighted by atomic mass is 9.91. The summed E-state index contributed by atoms with van der Waals surface area (Å²) < 4.78 is 4.93. The van der Waals surface area contributed by atoms with Crippen molar-refractivity contribution < 1.29 is 0 Å². The standard InChI is InChI=1S/C51H32N4S/c1-5-16-33(17-6-1)36-28-29-38(42(32-36)51-53-49(34-18-7-2-8-19-34)52-50(54-51)35-20-9-3-10-21-35)40-25-15-27-44-46(40)47-45(56-44)31-30-41-39-24-13-14-26-43(39)55(48(41)47)37-22-11-4-12-23-37/h1-32H. The highest BCUT2D eigenvalue weighted by Gasteiger charge is 2.23. The SMILES string of the molecule is c1ccc(-c2ccc(-c3cccc4sc5ccc6c7ccccc7n(-c7ccccc7)c6c5c34)c(-c3nc(-c4ccccc4)nc(-c4ccccc4)n3)c2)cc1. The first-order valence-corrected chi connectivity index (χ1v) is 19.6. The van der Waals surface area contributed by atoms with Crippen LogP contribution < -0.4 is 0 Å². The van der Waals surface area contributed by atoms with Gasteiger partial charge in [-0.2, -0.15) is 0 Å². The Morgan fingerprint density at radius 1 is 0.357 bits per heavy atom. The van der Waals surface area contributed by atoms with Gasteiger partial charge in [-0.15, -0.1) is 11.3 Å². The third-order valence-electron chi connectivity index (χ3n) is 10.7. The van der Waals surface area contributed by atoms with Crippen molar-refractivity contribution in [3.63, 3.8) is 0 Å². The van der Waals surface area contributed by atoms with Crippen LogP contribution in [0.5, 0.6) is 0 Å². The van der Waals surface area contributed by atoms with E-state index in [1.807, 2.05) is 47.7 Å². The Morgan fingerprint density at radius 2 is 0.946 bits per heavy atom. The highest BCUT2D eigenvalue weighted by atomic mass is 32.1. The Hall–Kier alpha value is -7.21. The van der Waals surface area contributed by atoms with Crippen molar-refractivity contribution in [1.82, 2.24) is 19.5 Å². The van der Waals surface area contributed by atoms with Crippen molar-refractivity contribution in [1.29, 1.82) is 0 Å². The van der Waals surface area contributed by atoms with Gasteiger partial charge < -0.3 is 4.57 Å². The van der Waals surface area contributed by atoms with Crippen LogP contribution in [0.2, 0.25) is 0 Å². The molecule has 11 aromatic rings. The lowest BCUT2D eigenvalue weighted by Crippen LogP contribution is -2.01. The fourth-order valence-corrected chi connectivity index (χ4v) is 9.27. The van der Waals surface area contributed by atoms with Gasteiger partial charge in [0.05, 0.1) is 11.0 Å². The van der Waals surface area contributed by atoms with E-state index in [4.69, 9.17) is 15.0 Å². The summed E-state index contributed by atoms with van der Waals surface area (Å²) in [6.45, 7) is 0. The lowest BCUT2D eigenvalue weighted by Gasteiger charge is -2.15. The van der Waals surface area contributed by atoms with Crippen molar-refractivity contribution in [3.8, 4) is 62.1 Å². The number of benzene rings is 8.